The monoisotopic (exact) mass is 385 g/mol. The van der Waals surface area contributed by atoms with Crippen molar-refractivity contribution >= 4 is 23.3 Å². The van der Waals surface area contributed by atoms with E-state index in [9.17, 15) is 14.4 Å². The average molecular weight is 385 g/mol. The largest absolute Gasteiger partial charge is 0.478 e. The van der Waals surface area contributed by atoms with Crippen molar-refractivity contribution in [2.45, 2.75) is 25.7 Å². The van der Waals surface area contributed by atoms with Gasteiger partial charge in [0.2, 0.25) is 5.91 Å². The van der Waals surface area contributed by atoms with Gasteiger partial charge in [-0.15, -0.1) is 0 Å². The predicted molar refractivity (Wildman–Crippen MR) is 106 cm³/mol. The molecule has 0 spiro atoms. The molecule has 1 unspecified atom stereocenters. The van der Waals surface area contributed by atoms with Crippen LogP contribution in [0.2, 0.25) is 0 Å². The first-order valence-electron chi connectivity index (χ1n) is 9.80. The lowest BCUT2D eigenvalue weighted by Gasteiger charge is -2.31. The van der Waals surface area contributed by atoms with Crippen LogP contribution < -0.4 is 11.1 Å². The molecule has 1 aromatic rings. The van der Waals surface area contributed by atoms with Crippen LogP contribution in [0.4, 0.5) is 5.69 Å². The van der Waals surface area contributed by atoms with Crippen LogP contribution in [0.1, 0.15) is 46.4 Å². The zero-order valence-corrected chi connectivity index (χ0v) is 15.9. The van der Waals surface area contributed by atoms with Crippen LogP contribution in [0.25, 0.3) is 0 Å². The number of aromatic carboxylic acids is 1. The fourth-order valence-electron chi connectivity index (χ4n) is 3.90. The smallest absolute Gasteiger partial charge is 0.337 e. The number of carboxylic acids is 1. The lowest BCUT2D eigenvalue weighted by atomic mass is 9.89. The first-order chi connectivity index (χ1) is 13.5. The summed E-state index contributed by atoms with van der Waals surface area (Å²) >= 11 is 0. The van der Waals surface area contributed by atoms with E-state index in [4.69, 9.17) is 10.8 Å². The number of hydrogen-bond acceptors (Lipinski definition) is 5. The van der Waals surface area contributed by atoms with Gasteiger partial charge < -0.3 is 21.1 Å². The number of nitrogens with two attached hydrogens (primary N) is 1. The van der Waals surface area contributed by atoms with Gasteiger partial charge in [0.1, 0.15) is 0 Å². The third-order valence-electron chi connectivity index (χ3n) is 5.57. The molecule has 1 amide bonds. The molecule has 1 aromatic carbocycles. The number of nitrogen functional groups attached to an aromatic ring is 1. The lowest BCUT2D eigenvalue weighted by molar-refractivity contribution is -0.127. The number of nitrogens with zero attached hydrogens (tertiary/aromatic N) is 1. The second-order valence-corrected chi connectivity index (χ2v) is 7.54. The Morgan fingerprint density at radius 3 is 2.61 bits per heavy atom. The van der Waals surface area contributed by atoms with E-state index in [1.807, 2.05) is 6.08 Å². The van der Waals surface area contributed by atoms with Crippen LogP contribution in [-0.4, -0.2) is 53.8 Å². The highest BCUT2D eigenvalue weighted by molar-refractivity contribution is 6.02. The number of rotatable bonds is 5. The van der Waals surface area contributed by atoms with Crippen molar-refractivity contribution in [2.75, 3.05) is 31.9 Å². The lowest BCUT2D eigenvalue weighted by Crippen LogP contribution is -2.41. The summed E-state index contributed by atoms with van der Waals surface area (Å²) in [6, 6.07) is 4.28. The van der Waals surface area contributed by atoms with Gasteiger partial charge in [-0.2, -0.15) is 0 Å². The van der Waals surface area contributed by atoms with E-state index < -0.39 is 5.97 Å². The maximum Gasteiger partial charge on any atom is 0.337 e. The van der Waals surface area contributed by atoms with Crippen molar-refractivity contribution in [3.63, 3.8) is 0 Å². The Kier molecular flexibility index (Phi) is 6.46. The summed E-state index contributed by atoms with van der Waals surface area (Å²) < 4.78 is 0. The van der Waals surface area contributed by atoms with E-state index in [1.54, 1.807) is 11.0 Å². The number of amides is 1. The van der Waals surface area contributed by atoms with Crippen molar-refractivity contribution in [2.24, 2.45) is 11.8 Å². The topological polar surface area (TPSA) is 113 Å². The summed E-state index contributed by atoms with van der Waals surface area (Å²) in [4.78, 5) is 38.2. The Hall–Kier alpha value is -2.67. The molecule has 2 aliphatic rings. The molecule has 28 heavy (non-hydrogen) atoms. The Morgan fingerprint density at radius 2 is 1.93 bits per heavy atom. The van der Waals surface area contributed by atoms with E-state index in [-0.39, 0.29) is 28.9 Å². The SMILES string of the molecule is Nc1cc(C(=O)C2CCCN(C(=O)C=CC3CCNCC3)C2)ccc1C(=O)O. The summed E-state index contributed by atoms with van der Waals surface area (Å²) in [5, 5.41) is 12.4. The Morgan fingerprint density at radius 1 is 1.18 bits per heavy atom. The molecule has 2 aliphatic heterocycles. The van der Waals surface area contributed by atoms with Gasteiger partial charge in [0.05, 0.1) is 5.56 Å². The molecule has 2 fully saturated rings. The average Bonchev–Trinajstić information content (AvgIpc) is 2.72. The van der Waals surface area contributed by atoms with Gasteiger partial charge in [-0.25, -0.2) is 4.79 Å². The molecule has 0 radical (unpaired) electrons. The van der Waals surface area contributed by atoms with Gasteiger partial charge in [-0.1, -0.05) is 12.1 Å². The van der Waals surface area contributed by atoms with Gasteiger partial charge in [-0.05, 0) is 62.9 Å². The van der Waals surface area contributed by atoms with Crippen LogP contribution in [0.3, 0.4) is 0 Å². The number of piperidine rings is 2. The van der Waals surface area contributed by atoms with Crippen molar-refractivity contribution < 1.29 is 19.5 Å². The number of anilines is 1. The molecule has 0 bridgehead atoms. The number of nitrogens with one attached hydrogen (secondary N) is 1. The van der Waals surface area contributed by atoms with Gasteiger partial charge >= 0.3 is 5.97 Å². The number of carboxylic acid groups (broad SMARTS) is 1. The summed E-state index contributed by atoms with van der Waals surface area (Å²) in [6.07, 6.45) is 7.22. The second-order valence-electron chi connectivity index (χ2n) is 7.54. The standard InChI is InChI=1S/C21H27N3O4/c22-18-12-15(4-5-17(18)21(27)28)20(26)16-2-1-11-24(13-16)19(25)6-3-14-7-9-23-10-8-14/h3-6,12,14,16,23H,1-2,7-11,13,22H2,(H,27,28). The van der Waals surface area contributed by atoms with Crippen molar-refractivity contribution in [3.8, 4) is 0 Å². The summed E-state index contributed by atoms with van der Waals surface area (Å²) in [5.41, 5.74) is 6.22. The Balaban J connectivity index is 1.63. The number of likely N-dealkylation sites (tertiary alicyclic amines) is 1. The fraction of sp³-hybridized carbons (Fsp3) is 0.476. The zero-order valence-electron chi connectivity index (χ0n) is 15.9. The molecular weight excluding hydrogens is 358 g/mol. The number of carbonyl (C=O) groups excluding carboxylic acids is 2. The number of Topliss-reactive ketones (excluding diaryl/α,β-unsaturated/α-hetero) is 1. The first kappa shape index (κ1) is 20.1. The van der Waals surface area contributed by atoms with Crippen LogP contribution in [0.15, 0.2) is 30.4 Å². The number of carbonyl (C=O) groups is 3. The first-order valence-corrected chi connectivity index (χ1v) is 9.80. The molecule has 0 saturated carbocycles. The minimum Gasteiger partial charge on any atom is -0.478 e. The fourth-order valence-corrected chi connectivity index (χ4v) is 3.90. The van der Waals surface area contributed by atoms with Gasteiger partial charge in [0, 0.05) is 30.3 Å². The number of hydrogen-bond donors (Lipinski definition) is 3. The van der Waals surface area contributed by atoms with Gasteiger partial charge in [-0.3, -0.25) is 9.59 Å². The van der Waals surface area contributed by atoms with Crippen molar-refractivity contribution in [1.29, 1.82) is 0 Å². The van der Waals surface area contributed by atoms with Crippen molar-refractivity contribution in [1.82, 2.24) is 10.2 Å². The highest BCUT2D eigenvalue weighted by atomic mass is 16.4. The molecule has 3 rings (SSSR count). The molecule has 1 atom stereocenters. The zero-order chi connectivity index (χ0) is 20.1. The quantitative estimate of drug-likeness (QED) is 0.406. The minimum absolute atomic E-state index is 0.0138. The Labute approximate surface area is 164 Å². The Bertz CT molecular complexity index is 784. The maximum absolute atomic E-state index is 12.8. The van der Waals surface area contributed by atoms with Crippen LogP contribution in [-0.2, 0) is 4.79 Å². The number of allylic oxidation sites excluding steroid dienone is 1. The number of benzene rings is 1. The van der Waals surface area contributed by atoms with Crippen LogP contribution >= 0.6 is 0 Å². The van der Waals surface area contributed by atoms with E-state index in [0.717, 1.165) is 32.4 Å². The normalized spacial score (nSPS) is 21.0. The molecule has 7 nitrogen and oxygen atoms in total. The van der Waals surface area contributed by atoms with Gasteiger partial charge in [0.25, 0.3) is 0 Å². The maximum atomic E-state index is 12.8. The van der Waals surface area contributed by atoms with E-state index >= 15 is 0 Å². The molecule has 0 aliphatic carbocycles. The van der Waals surface area contributed by atoms with Crippen molar-refractivity contribution in [3.05, 3.63) is 41.5 Å². The van der Waals surface area contributed by atoms with Gasteiger partial charge in [0.15, 0.2) is 5.78 Å². The van der Waals surface area contributed by atoms with E-state index in [1.165, 1.54) is 18.2 Å². The second kappa shape index (κ2) is 9.01. The molecular formula is C21H27N3O4. The molecule has 7 heteroatoms. The number of ketones is 1. The molecule has 4 N–H and O–H groups in total. The van der Waals surface area contributed by atoms with E-state index in [2.05, 4.69) is 5.32 Å². The summed E-state index contributed by atoms with van der Waals surface area (Å²) in [5.74, 6) is -1.12. The van der Waals surface area contributed by atoms with Crippen LogP contribution in [0.5, 0.6) is 0 Å². The third kappa shape index (κ3) is 4.78. The summed E-state index contributed by atoms with van der Waals surface area (Å²) in [7, 11) is 0. The molecule has 150 valence electrons. The predicted octanol–water partition coefficient (Wildman–Crippen LogP) is 1.94. The minimum atomic E-state index is -1.12. The molecule has 2 heterocycles. The van der Waals surface area contributed by atoms with Crippen LogP contribution in [0, 0.1) is 11.8 Å². The summed E-state index contributed by atoms with van der Waals surface area (Å²) in [6.45, 7) is 2.99. The van der Waals surface area contributed by atoms with E-state index in [0.29, 0.717) is 31.0 Å². The highest BCUT2D eigenvalue weighted by Crippen LogP contribution is 2.24. The molecule has 0 aromatic heterocycles. The molecule has 2 saturated heterocycles. The third-order valence-corrected chi connectivity index (χ3v) is 5.57. The highest BCUT2D eigenvalue weighted by Gasteiger charge is 2.29.